The van der Waals surface area contributed by atoms with Gasteiger partial charge in [0.2, 0.25) is 0 Å². The topological polar surface area (TPSA) is 33.3 Å². The molecule has 0 aliphatic carbocycles. The van der Waals surface area contributed by atoms with Crippen molar-refractivity contribution in [2.75, 3.05) is 25.6 Å². The number of rotatable bonds is 4. The van der Waals surface area contributed by atoms with Gasteiger partial charge in [0.05, 0.1) is 6.61 Å². The zero-order valence-corrected chi connectivity index (χ0v) is 10.1. The van der Waals surface area contributed by atoms with Crippen molar-refractivity contribution >= 4 is 23.0 Å². The summed E-state index contributed by atoms with van der Waals surface area (Å²) in [4.78, 5) is 0. The molecule has 0 radical (unpaired) electrons. The van der Waals surface area contributed by atoms with Gasteiger partial charge in [-0.15, -0.1) is 0 Å². The van der Waals surface area contributed by atoms with Gasteiger partial charge in [-0.05, 0) is 12.2 Å². The first kappa shape index (κ1) is 14.7. The molecule has 1 aromatic carbocycles. The van der Waals surface area contributed by atoms with Crippen molar-refractivity contribution in [2.24, 2.45) is 0 Å². The minimum atomic E-state index is -1.54. The third-order valence-corrected chi connectivity index (χ3v) is 2.19. The minimum absolute atomic E-state index is 0.122. The Morgan fingerprint density at radius 3 is 2.28 bits per heavy atom. The summed E-state index contributed by atoms with van der Waals surface area (Å²) in [7, 11) is 1.46. The summed E-state index contributed by atoms with van der Waals surface area (Å²) < 4.78 is 56.9. The maximum Gasteiger partial charge on any atom is 0.185 e. The van der Waals surface area contributed by atoms with Crippen LogP contribution in [0.4, 0.5) is 23.2 Å². The molecule has 8 heteroatoms. The molecule has 0 fully saturated rings. The van der Waals surface area contributed by atoms with Gasteiger partial charge in [0.1, 0.15) is 5.69 Å². The molecule has 1 rings (SSSR count). The Bertz CT molecular complexity index is 430. The Balaban J connectivity index is 2.81. The van der Waals surface area contributed by atoms with Gasteiger partial charge in [0.15, 0.2) is 28.4 Å². The fourth-order valence-electron chi connectivity index (χ4n) is 1.11. The summed E-state index contributed by atoms with van der Waals surface area (Å²) in [5.74, 6) is -6.08. The van der Waals surface area contributed by atoms with E-state index in [-0.39, 0.29) is 17.7 Å². The van der Waals surface area contributed by atoms with Gasteiger partial charge in [-0.1, -0.05) is 0 Å². The first-order valence-corrected chi connectivity index (χ1v) is 5.25. The minimum Gasteiger partial charge on any atom is -0.383 e. The number of hydrogen-bond acceptors (Lipinski definition) is 2. The highest BCUT2D eigenvalue weighted by Crippen LogP contribution is 2.23. The van der Waals surface area contributed by atoms with Crippen LogP contribution in [0.15, 0.2) is 6.07 Å². The molecule has 0 bridgehead atoms. The van der Waals surface area contributed by atoms with Crippen molar-refractivity contribution in [1.82, 2.24) is 5.32 Å². The van der Waals surface area contributed by atoms with Crippen LogP contribution >= 0.6 is 12.2 Å². The van der Waals surface area contributed by atoms with Crippen LogP contribution < -0.4 is 10.6 Å². The van der Waals surface area contributed by atoms with E-state index in [0.717, 1.165) is 0 Å². The van der Waals surface area contributed by atoms with Gasteiger partial charge in [0.25, 0.3) is 0 Å². The van der Waals surface area contributed by atoms with Crippen LogP contribution in [0.25, 0.3) is 0 Å². The van der Waals surface area contributed by atoms with Crippen LogP contribution in [0.3, 0.4) is 0 Å². The number of nitrogens with one attached hydrogen (secondary N) is 2. The molecule has 3 nitrogen and oxygen atoms in total. The molecule has 0 aliphatic rings. The summed E-state index contributed by atoms with van der Waals surface area (Å²) in [5.41, 5.74) is -0.970. The second kappa shape index (κ2) is 6.50. The van der Waals surface area contributed by atoms with Crippen LogP contribution in [0, 0.1) is 23.3 Å². The van der Waals surface area contributed by atoms with E-state index in [1.807, 2.05) is 0 Å². The lowest BCUT2D eigenvalue weighted by molar-refractivity contribution is 0.204. The van der Waals surface area contributed by atoms with E-state index in [1.165, 1.54) is 7.11 Å². The van der Waals surface area contributed by atoms with Gasteiger partial charge < -0.3 is 15.4 Å². The van der Waals surface area contributed by atoms with Gasteiger partial charge >= 0.3 is 0 Å². The molecule has 0 unspecified atom stereocenters. The highest BCUT2D eigenvalue weighted by molar-refractivity contribution is 7.80. The van der Waals surface area contributed by atoms with E-state index in [0.29, 0.717) is 6.61 Å². The molecule has 0 aliphatic heterocycles. The summed E-state index contributed by atoms with van der Waals surface area (Å²) in [6.45, 7) is 0.591. The van der Waals surface area contributed by atoms with E-state index < -0.39 is 29.0 Å². The van der Waals surface area contributed by atoms with Gasteiger partial charge in [-0.3, -0.25) is 0 Å². The van der Waals surface area contributed by atoms with E-state index in [1.54, 1.807) is 0 Å². The summed E-state index contributed by atoms with van der Waals surface area (Å²) in [6.07, 6.45) is 0. The summed E-state index contributed by atoms with van der Waals surface area (Å²) >= 11 is 4.70. The Kier molecular flexibility index (Phi) is 5.29. The number of methoxy groups -OCH3 is 1. The largest absolute Gasteiger partial charge is 0.383 e. The van der Waals surface area contributed by atoms with Crippen LogP contribution in [-0.4, -0.2) is 25.4 Å². The van der Waals surface area contributed by atoms with Crippen molar-refractivity contribution in [2.45, 2.75) is 0 Å². The third kappa shape index (κ3) is 3.54. The standard InChI is InChI=1S/C10H10F4N2OS/c1-17-3-2-15-10(18)16-9-7(13)5(11)4-6(12)8(9)14/h4H,2-3H2,1H3,(H2,15,16,18). The van der Waals surface area contributed by atoms with Crippen LogP contribution in [0.2, 0.25) is 0 Å². The molecule has 100 valence electrons. The molecule has 2 N–H and O–H groups in total. The SMILES string of the molecule is COCCNC(=S)Nc1c(F)c(F)cc(F)c1F. The Labute approximate surface area is 106 Å². The van der Waals surface area contributed by atoms with Crippen LogP contribution in [-0.2, 0) is 4.74 Å². The second-order valence-electron chi connectivity index (χ2n) is 3.22. The number of hydrogen-bond donors (Lipinski definition) is 2. The predicted octanol–water partition coefficient (Wildman–Crippen LogP) is 2.18. The highest BCUT2D eigenvalue weighted by atomic mass is 32.1. The third-order valence-electron chi connectivity index (χ3n) is 1.94. The fraction of sp³-hybridized carbons (Fsp3) is 0.300. The van der Waals surface area contributed by atoms with E-state index in [9.17, 15) is 17.6 Å². The normalized spacial score (nSPS) is 10.3. The first-order chi connectivity index (χ1) is 8.47. The van der Waals surface area contributed by atoms with Crippen molar-refractivity contribution in [3.8, 4) is 0 Å². The number of anilines is 1. The van der Waals surface area contributed by atoms with E-state index >= 15 is 0 Å². The zero-order valence-electron chi connectivity index (χ0n) is 9.32. The molecule has 0 amide bonds. The predicted molar refractivity (Wildman–Crippen MR) is 62.4 cm³/mol. The van der Waals surface area contributed by atoms with Crippen molar-refractivity contribution in [3.63, 3.8) is 0 Å². The van der Waals surface area contributed by atoms with Crippen molar-refractivity contribution in [1.29, 1.82) is 0 Å². The molecule has 0 heterocycles. The fourth-order valence-corrected chi connectivity index (χ4v) is 1.31. The molecule has 0 aromatic heterocycles. The van der Waals surface area contributed by atoms with Gasteiger partial charge in [0, 0.05) is 19.7 Å². The lowest BCUT2D eigenvalue weighted by Crippen LogP contribution is -2.32. The average molecular weight is 282 g/mol. The van der Waals surface area contributed by atoms with E-state index in [2.05, 4.69) is 10.6 Å². The van der Waals surface area contributed by atoms with Crippen LogP contribution in [0.5, 0.6) is 0 Å². The van der Waals surface area contributed by atoms with Gasteiger partial charge in [-0.2, -0.15) is 0 Å². The smallest absolute Gasteiger partial charge is 0.185 e. The summed E-state index contributed by atoms with van der Waals surface area (Å²) in [5, 5.41) is 4.42. The number of ether oxygens (including phenoxy) is 1. The maximum absolute atomic E-state index is 13.2. The molecule has 1 aromatic rings. The second-order valence-corrected chi connectivity index (χ2v) is 3.63. The average Bonchev–Trinajstić information content (AvgIpc) is 2.32. The highest BCUT2D eigenvalue weighted by Gasteiger charge is 2.19. The molecule has 0 saturated heterocycles. The number of benzene rings is 1. The summed E-state index contributed by atoms with van der Waals surface area (Å²) in [6, 6.07) is 0.122. The first-order valence-electron chi connectivity index (χ1n) is 4.84. The van der Waals surface area contributed by atoms with Crippen molar-refractivity contribution in [3.05, 3.63) is 29.3 Å². The number of halogens is 4. The lowest BCUT2D eigenvalue weighted by Gasteiger charge is -2.12. The van der Waals surface area contributed by atoms with E-state index in [4.69, 9.17) is 17.0 Å². The zero-order chi connectivity index (χ0) is 13.7. The number of thiocarbonyl (C=S) groups is 1. The monoisotopic (exact) mass is 282 g/mol. The quantitative estimate of drug-likeness (QED) is 0.384. The molecule has 0 spiro atoms. The Morgan fingerprint density at radius 2 is 1.78 bits per heavy atom. The lowest BCUT2D eigenvalue weighted by atomic mass is 10.2. The molecule has 18 heavy (non-hydrogen) atoms. The molecule has 0 saturated carbocycles. The molecule has 0 atom stereocenters. The molecular formula is C10H10F4N2OS. The van der Waals surface area contributed by atoms with Crippen molar-refractivity contribution < 1.29 is 22.3 Å². The molecular weight excluding hydrogens is 272 g/mol. The Morgan fingerprint density at radius 1 is 1.22 bits per heavy atom. The van der Waals surface area contributed by atoms with Crippen LogP contribution in [0.1, 0.15) is 0 Å². The maximum atomic E-state index is 13.2. The Hall–Kier alpha value is -1.41. The van der Waals surface area contributed by atoms with Gasteiger partial charge in [-0.25, -0.2) is 17.6 Å².